The number of amides is 1. The van der Waals surface area contributed by atoms with Crippen LogP contribution in [0.25, 0.3) is 0 Å². The number of carbonyl (C=O) groups is 2. The summed E-state index contributed by atoms with van der Waals surface area (Å²) in [5.41, 5.74) is 1.55. The van der Waals surface area contributed by atoms with Crippen molar-refractivity contribution in [2.24, 2.45) is 0 Å². The van der Waals surface area contributed by atoms with Crippen molar-refractivity contribution in [1.82, 2.24) is 19.6 Å². The predicted molar refractivity (Wildman–Crippen MR) is 107 cm³/mol. The molecule has 1 amide bonds. The molecule has 0 bridgehead atoms. The largest absolute Gasteiger partial charge is 0.490 e. The topological polar surface area (TPSA) is 142 Å². The number of nitrogens with zero attached hydrogens (tertiary/aromatic N) is 2. The van der Waals surface area contributed by atoms with E-state index >= 15 is 0 Å². The monoisotopic (exact) mass is 436 g/mol. The zero-order chi connectivity index (χ0) is 21.9. The Morgan fingerprint density at radius 3 is 2.73 bits per heavy atom. The number of aryl methyl sites for hydroxylation is 1. The molecular formula is C19H24N4O6S. The maximum Gasteiger partial charge on any atom is 0.300 e. The van der Waals surface area contributed by atoms with Crippen LogP contribution in [0.2, 0.25) is 0 Å². The molecule has 2 aliphatic rings. The van der Waals surface area contributed by atoms with Crippen LogP contribution in [-0.4, -0.2) is 64.9 Å². The van der Waals surface area contributed by atoms with E-state index in [4.69, 9.17) is 14.6 Å². The molecule has 11 heteroatoms. The fraction of sp³-hybridized carbons (Fsp3) is 0.421. The number of carbonyl (C=O) groups excluding carboxylic acids is 1. The average Bonchev–Trinajstić information content (AvgIpc) is 3.24. The van der Waals surface area contributed by atoms with Crippen LogP contribution in [0.15, 0.2) is 35.5 Å². The van der Waals surface area contributed by atoms with Crippen molar-refractivity contribution >= 4 is 21.9 Å². The minimum Gasteiger partial charge on any atom is -0.490 e. The quantitative estimate of drug-likeness (QED) is 0.643. The third-order valence-corrected chi connectivity index (χ3v) is 6.82. The van der Waals surface area contributed by atoms with Crippen molar-refractivity contribution < 1.29 is 27.9 Å². The van der Waals surface area contributed by atoms with Crippen LogP contribution in [0.4, 0.5) is 0 Å². The number of H-pyrrole nitrogens is 1. The van der Waals surface area contributed by atoms with Gasteiger partial charge in [-0.15, -0.1) is 0 Å². The van der Waals surface area contributed by atoms with Crippen LogP contribution in [0.1, 0.15) is 24.7 Å². The number of fused-ring (bicyclic) bond motifs is 2. The van der Waals surface area contributed by atoms with Gasteiger partial charge in [-0.25, -0.2) is 13.4 Å². The van der Waals surface area contributed by atoms with Gasteiger partial charge in [0.2, 0.25) is 15.9 Å². The lowest BCUT2D eigenvalue weighted by Crippen LogP contribution is -2.40. The van der Waals surface area contributed by atoms with Gasteiger partial charge in [-0.1, -0.05) is 12.1 Å². The van der Waals surface area contributed by atoms with Gasteiger partial charge in [0.1, 0.15) is 17.3 Å². The molecule has 0 spiro atoms. The second-order valence-corrected chi connectivity index (χ2v) is 9.02. The normalized spacial score (nSPS) is 21.8. The number of sulfonamides is 1. The lowest BCUT2D eigenvalue weighted by atomic mass is 10.1. The standard InChI is InChI=1S/C17H20N4O4S.C2H4O2/c1-11-14(19-10-18-11)7-17(22)20-12-6-13-9-25-15-4-2-3-5-16(15)26(23,24)21(13)8-12;1-2(3)4/h2-5,10,12-13H,6-9H2,1H3,(H,18,19)(H,20,22);1H3,(H,3,4)/t12-,13-;/m0./s1. The summed E-state index contributed by atoms with van der Waals surface area (Å²) in [6.07, 6.45) is 2.25. The third-order valence-electron chi connectivity index (χ3n) is 4.86. The van der Waals surface area contributed by atoms with Crippen LogP contribution in [0, 0.1) is 6.92 Å². The Morgan fingerprint density at radius 2 is 2.07 bits per heavy atom. The summed E-state index contributed by atoms with van der Waals surface area (Å²) in [6, 6.07) is 6.13. The molecule has 1 fully saturated rings. The Balaban J connectivity index is 0.000000589. The number of hydrogen-bond donors (Lipinski definition) is 3. The number of ether oxygens (including phenoxy) is 1. The number of rotatable bonds is 3. The molecule has 4 rings (SSSR count). The number of para-hydroxylation sites is 1. The molecule has 0 saturated carbocycles. The predicted octanol–water partition coefficient (Wildman–Crippen LogP) is 0.692. The number of benzene rings is 1. The average molecular weight is 436 g/mol. The molecule has 2 atom stereocenters. The van der Waals surface area contributed by atoms with E-state index in [9.17, 15) is 13.2 Å². The van der Waals surface area contributed by atoms with Gasteiger partial charge in [0, 0.05) is 25.2 Å². The molecule has 1 aromatic carbocycles. The molecule has 30 heavy (non-hydrogen) atoms. The number of carboxylic acid groups (broad SMARTS) is 1. The summed E-state index contributed by atoms with van der Waals surface area (Å²) in [5.74, 6) is -0.613. The Bertz CT molecular complexity index is 1030. The van der Waals surface area contributed by atoms with Crippen molar-refractivity contribution in [3.8, 4) is 5.75 Å². The van der Waals surface area contributed by atoms with E-state index in [1.54, 1.807) is 30.6 Å². The highest BCUT2D eigenvalue weighted by Gasteiger charge is 2.44. The van der Waals surface area contributed by atoms with E-state index in [0.29, 0.717) is 17.9 Å². The molecule has 0 unspecified atom stereocenters. The molecule has 162 valence electrons. The van der Waals surface area contributed by atoms with Gasteiger partial charge in [-0.2, -0.15) is 4.31 Å². The second-order valence-electron chi connectivity index (χ2n) is 7.16. The van der Waals surface area contributed by atoms with Gasteiger partial charge in [0.25, 0.3) is 5.97 Å². The van der Waals surface area contributed by atoms with E-state index in [2.05, 4.69) is 15.3 Å². The maximum absolute atomic E-state index is 13.0. The van der Waals surface area contributed by atoms with Crippen molar-refractivity contribution in [3.05, 3.63) is 42.0 Å². The van der Waals surface area contributed by atoms with E-state index in [0.717, 1.165) is 12.6 Å². The Labute approximate surface area is 174 Å². The number of aromatic nitrogens is 2. The number of carboxylic acids is 1. The van der Waals surface area contributed by atoms with Gasteiger partial charge in [-0.05, 0) is 25.5 Å². The molecule has 0 radical (unpaired) electrons. The summed E-state index contributed by atoms with van der Waals surface area (Å²) in [6.45, 7) is 3.47. The smallest absolute Gasteiger partial charge is 0.300 e. The summed E-state index contributed by atoms with van der Waals surface area (Å²) < 4.78 is 33.1. The zero-order valence-electron chi connectivity index (χ0n) is 16.7. The van der Waals surface area contributed by atoms with E-state index in [1.807, 2.05) is 6.92 Å². The summed E-state index contributed by atoms with van der Waals surface area (Å²) in [7, 11) is -3.64. The first-order valence-electron chi connectivity index (χ1n) is 9.40. The number of aliphatic carboxylic acids is 1. The van der Waals surface area contributed by atoms with Gasteiger partial charge < -0.3 is 20.1 Å². The first kappa shape index (κ1) is 21.8. The van der Waals surface area contributed by atoms with Gasteiger partial charge in [0.05, 0.1) is 24.5 Å². The lowest BCUT2D eigenvalue weighted by molar-refractivity contribution is -0.134. The molecule has 2 aliphatic heterocycles. The van der Waals surface area contributed by atoms with Gasteiger partial charge >= 0.3 is 0 Å². The highest BCUT2D eigenvalue weighted by Crippen LogP contribution is 2.35. The number of hydrogen-bond acceptors (Lipinski definition) is 6. The number of nitrogens with one attached hydrogen (secondary N) is 2. The molecule has 10 nitrogen and oxygen atoms in total. The maximum atomic E-state index is 13.0. The summed E-state index contributed by atoms with van der Waals surface area (Å²) in [4.78, 5) is 28.5. The van der Waals surface area contributed by atoms with Gasteiger partial charge in [0.15, 0.2) is 0 Å². The minimum atomic E-state index is -3.64. The SMILES string of the molecule is CC(=O)O.Cc1[nH]cnc1CC(=O)N[C@H]1C[C@H]2COc3ccccc3S(=O)(=O)N2C1. The third kappa shape index (κ3) is 4.79. The Morgan fingerprint density at radius 1 is 1.37 bits per heavy atom. The van der Waals surface area contributed by atoms with Crippen molar-refractivity contribution in [1.29, 1.82) is 0 Å². The summed E-state index contributed by atoms with van der Waals surface area (Å²) >= 11 is 0. The molecular weight excluding hydrogens is 412 g/mol. The fourth-order valence-corrected chi connectivity index (χ4v) is 5.33. The summed E-state index contributed by atoms with van der Waals surface area (Å²) in [5, 5.41) is 10.3. The lowest BCUT2D eigenvalue weighted by Gasteiger charge is -2.19. The first-order chi connectivity index (χ1) is 14.2. The molecule has 3 N–H and O–H groups in total. The second kappa shape index (κ2) is 8.84. The number of imidazole rings is 1. The molecule has 1 aromatic heterocycles. The van der Waals surface area contributed by atoms with Gasteiger partial charge in [-0.3, -0.25) is 9.59 Å². The first-order valence-corrected chi connectivity index (χ1v) is 10.8. The van der Waals surface area contributed by atoms with E-state index in [-0.39, 0.29) is 42.5 Å². The van der Waals surface area contributed by atoms with Crippen molar-refractivity contribution in [2.45, 2.75) is 43.7 Å². The Kier molecular flexibility index (Phi) is 6.42. The Hall–Kier alpha value is -2.92. The highest BCUT2D eigenvalue weighted by atomic mass is 32.2. The van der Waals surface area contributed by atoms with Crippen LogP contribution in [0.5, 0.6) is 5.75 Å². The van der Waals surface area contributed by atoms with Crippen LogP contribution < -0.4 is 10.1 Å². The molecule has 3 heterocycles. The van der Waals surface area contributed by atoms with Crippen molar-refractivity contribution in [2.75, 3.05) is 13.2 Å². The van der Waals surface area contributed by atoms with Crippen LogP contribution in [0.3, 0.4) is 0 Å². The molecule has 0 aliphatic carbocycles. The van der Waals surface area contributed by atoms with Crippen LogP contribution >= 0.6 is 0 Å². The minimum absolute atomic E-state index is 0.165. The highest BCUT2D eigenvalue weighted by molar-refractivity contribution is 7.89. The number of aromatic amines is 1. The van der Waals surface area contributed by atoms with Crippen molar-refractivity contribution in [3.63, 3.8) is 0 Å². The molecule has 2 aromatic rings. The molecule has 1 saturated heterocycles. The zero-order valence-corrected chi connectivity index (χ0v) is 17.5. The fourth-order valence-electron chi connectivity index (χ4n) is 3.53. The van der Waals surface area contributed by atoms with E-state index < -0.39 is 16.0 Å². The van der Waals surface area contributed by atoms with Crippen LogP contribution in [-0.2, 0) is 26.0 Å². The van der Waals surface area contributed by atoms with E-state index in [1.165, 1.54) is 4.31 Å².